The number of aromatic nitrogens is 2. The Morgan fingerprint density at radius 1 is 0.684 bits per heavy atom. The number of aromatic amines is 1. The quantitative estimate of drug-likeness (QED) is 0.240. The van der Waals surface area contributed by atoms with Crippen molar-refractivity contribution in [2.75, 3.05) is 0 Å². The number of hydrogen-bond donors (Lipinski definition) is 2. The molecule has 7 rings (SSSR count). The first-order valence-electron chi connectivity index (χ1n) is 13.4. The Balaban J connectivity index is 1.46. The molecule has 0 atom stereocenters. The maximum absolute atomic E-state index is 3.80. The number of nitrogens with one attached hydrogen (secondary N) is 2. The normalized spacial score (nSPS) is 11.8. The van der Waals surface area contributed by atoms with Gasteiger partial charge in [0.2, 0.25) is 0 Å². The highest BCUT2D eigenvalue weighted by atomic mass is 15.0. The molecule has 0 amide bonds. The van der Waals surface area contributed by atoms with Crippen LogP contribution in [0.1, 0.15) is 27.8 Å². The van der Waals surface area contributed by atoms with Gasteiger partial charge in [0.25, 0.3) is 0 Å². The maximum Gasteiger partial charge on any atom is 0.0743 e. The fourth-order valence-electron chi connectivity index (χ4n) is 6.15. The Hall–Kier alpha value is -4.34. The number of aryl methyl sites for hydroxylation is 2. The first-order valence-corrected chi connectivity index (χ1v) is 13.4. The third-order valence-corrected chi connectivity index (χ3v) is 8.04. The van der Waals surface area contributed by atoms with Crippen LogP contribution in [-0.4, -0.2) is 9.55 Å². The summed E-state index contributed by atoms with van der Waals surface area (Å²) in [4.78, 5) is 3.79. The summed E-state index contributed by atoms with van der Waals surface area (Å²) in [5.74, 6) is 0. The van der Waals surface area contributed by atoms with E-state index in [1.165, 1.54) is 71.4 Å². The zero-order valence-electron chi connectivity index (χ0n) is 21.9. The molecule has 0 fully saturated rings. The van der Waals surface area contributed by atoms with Crippen LogP contribution in [0, 0.1) is 13.8 Å². The molecule has 0 spiro atoms. The summed E-state index contributed by atoms with van der Waals surface area (Å²) in [6.07, 6.45) is 0. The molecule has 0 saturated carbocycles. The first-order chi connectivity index (χ1) is 18.7. The molecule has 0 aliphatic carbocycles. The SMILES string of the molecule is Cc1cccc(C)c1CNCc1cc2c3ccccc3[nH]c2c2c1c1ccccc1n2Cc1ccccc1. The largest absolute Gasteiger partial charge is 0.353 e. The average molecular weight is 494 g/mol. The fourth-order valence-corrected chi connectivity index (χ4v) is 6.15. The molecule has 186 valence electrons. The minimum atomic E-state index is 0.805. The van der Waals surface area contributed by atoms with E-state index in [2.05, 4.69) is 132 Å². The minimum absolute atomic E-state index is 0.805. The molecule has 3 nitrogen and oxygen atoms in total. The molecule has 0 radical (unpaired) electrons. The van der Waals surface area contributed by atoms with E-state index in [9.17, 15) is 0 Å². The highest BCUT2D eigenvalue weighted by Gasteiger charge is 2.20. The number of rotatable bonds is 6. The molecule has 5 aromatic carbocycles. The summed E-state index contributed by atoms with van der Waals surface area (Å²) in [5, 5.41) is 9.01. The van der Waals surface area contributed by atoms with E-state index in [-0.39, 0.29) is 0 Å². The molecule has 0 bridgehead atoms. The predicted octanol–water partition coefficient (Wildman–Crippen LogP) is 8.38. The number of benzene rings is 5. The standard InChI is InChI=1S/C35H31N3/c1-23-11-10-12-24(2)30(23)21-36-20-26-19-29-27-15-6-8-17-31(27)37-34(29)35-33(26)28-16-7-9-18-32(28)38(35)22-25-13-4-3-5-14-25/h3-19,36-37H,20-22H2,1-2H3. The highest BCUT2D eigenvalue weighted by Crippen LogP contribution is 2.39. The molecule has 0 saturated heterocycles. The summed E-state index contributed by atoms with van der Waals surface area (Å²) >= 11 is 0. The Bertz CT molecular complexity index is 1920. The predicted molar refractivity (Wildman–Crippen MR) is 161 cm³/mol. The van der Waals surface area contributed by atoms with Gasteiger partial charge in [0, 0.05) is 52.2 Å². The van der Waals surface area contributed by atoms with Crippen molar-refractivity contribution in [2.24, 2.45) is 0 Å². The van der Waals surface area contributed by atoms with Gasteiger partial charge in [-0.3, -0.25) is 0 Å². The van der Waals surface area contributed by atoms with Crippen molar-refractivity contribution < 1.29 is 0 Å². The van der Waals surface area contributed by atoms with E-state index in [0.29, 0.717) is 0 Å². The number of para-hydroxylation sites is 2. The van der Waals surface area contributed by atoms with Gasteiger partial charge >= 0.3 is 0 Å². The lowest BCUT2D eigenvalue weighted by Gasteiger charge is -2.13. The lowest BCUT2D eigenvalue weighted by Crippen LogP contribution is -2.14. The van der Waals surface area contributed by atoms with Crippen molar-refractivity contribution in [1.29, 1.82) is 0 Å². The molecule has 0 aliphatic rings. The number of hydrogen-bond acceptors (Lipinski definition) is 1. The van der Waals surface area contributed by atoms with Crippen LogP contribution < -0.4 is 5.32 Å². The van der Waals surface area contributed by atoms with E-state index >= 15 is 0 Å². The molecule has 2 aromatic heterocycles. The Kier molecular flexibility index (Phi) is 5.52. The van der Waals surface area contributed by atoms with Crippen LogP contribution >= 0.6 is 0 Å². The van der Waals surface area contributed by atoms with Crippen LogP contribution in [0.4, 0.5) is 0 Å². The number of nitrogens with zero attached hydrogens (tertiary/aromatic N) is 1. The van der Waals surface area contributed by atoms with Crippen LogP contribution in [-0.2, 0) is 19.6 Å². The van der Waals surface area contributed by atoms with Gasteiger partial charge in [-0.1, -0.05) is 84.9 Å². The number of fused-ring (bicyclic) bond motifs is 7. The summed E-state index contributed by atoms with van der Waals surface area (Å²) in [7, 11) is 0. The van der Waals surface area contributed by atoms with Crippen molar-refractivity contribution in [1.82, 2.24) is 14.9 Å². The maximum atomic E-state index is 3.80. The van der Waals surface area contributed by atoms with Crippen molar-refractivity contribution >= 4 is 43.6 Å². The lowest BCUT2D eigenvalue weighted by atomic mass is 10.0. The molecule has 7 aromatic rings. The summed E-state index contributed by atoms with van der Waals surface area (Å²) in [5.41, 5.74) is 11.7. The summed E-state index contributed by atoms with van der Waals surface area (Å²) in [6.45, 7) is 6.90. The molecular formula is C35H31N3. The molecule has 2 heterocycles. The molecule has 2 N–H and O–H groups in total. The second-order valence-corrected chi connectivity index (χ2v) is 10.4. The van der Waals surface area contributed by atoms with Gasteiger partial charge in [0.15, 0.2) is 0 Å². The van der Waals surface area contributed by atoms with E-state index in [1.54, 1.807) is 0 Å². The van der Waals surface area contributed by atoms with Crippen LogP contribution in [0.3, 0.4) is 0 Å². The smallest absolute Gasteiger partial charge is 0.0743 e. The topological polar surface area (TPSA) is 32.8 Å². The Morgan fingerprint density at radius 2 is 1.39 bits per heavy atom. The summed E-state index contributed by atoms with van der Waals surface area (Å²) < 4.78 is 2.51. The molecule has 3 heteroatoms. The molecular weight excluding hydrogens is 462 g/mol. The Morgan fingerprint density at radius 3 is 2.21 bits per heavy atom. The zero-order chi connectivity index (χ0) is 25.6. The minimum Gasteiger partial charge on any atom is -0.353 e. The van der Waals surface area contributed by atoms with Gasteiger partial charge in [0.1, 0.15) is 0 Å². The van der Waals surface area contributed by atoms with E-state index in [1.807, 2.05) is 0 Å². The van der Waals surface area contributed by atoms with E-state index in [0.717, 1.165) is 19.6 Å². The van der Waals surface area contributed by atoms with Crippen LogP contribution in [0.5, 0.6) is 0 Å². The highest BCUT2D eigenvalue weighted by molar-refractivity contribution is 6.23. The Labute approximate surface area is 222 Å². The second-order valence-electron chi connectivity index (χ2n) is 10.4. The zero-order valence-corrected chi connectivity index (χ0v) is 21.9. The average Bonchev–Trinajstić information content (AvgIpc) is 3.47. The second kappa shape index (κ2) is 9.20. The summed E-state index contributed by atoms with van der Waals surface area (Å²) in [6, 6.07) is 37.3. The first kappa shape index (κ1) is 22.8. The van der Waals surface area contributed by atoms with E-state index < -0.39 is 0 Å². The third-order valence-electron chi connectivity index (χ3n) is 8.04. The molecule has 0 aliphatic heterocycles. The lowest BCUT2D eigenvalue weighted by molar-refractivity contribution is 0.691. The van der Waals surface area contributed by atoms with Crippen LogP contribution in [0.15, 0.2) is 103 Å². The van der Waals surface area contributed by atoms with E-state index in [4.69, 9.17) is 0 Å². The van der Waals surface area contributed by atoms with Gasteiger partial charge in [-0.15, -0.1) is 0 Å². The van der Waals surface area contributed by atoms with Crippen molar-refractivity contribution in [3.8, 4) is 0 Å². The van der Waals surface area contributed by atoms with Crippen molar-refractivity contribution in [2.45, 2.75) is 33.5 Å². The molecule has 38 heavy (non-hydrogen) atoms. The van der Waals surface area contributed by atoms with Crippen LogP contribution in [0.25, 0.3) is 43.6 Å². The number of H-pyrrole nitrogens is 1. The van der Waals surface area contributed by atoms with Gasteiger partial charge in [0.05, 0.1) is 11.0 Å². The monoisotopic (exact) mass is 493 g/mol. The molecule has 0 unspecified atom stereocenters. The van der Waals surface area contributed by atoms with Gasteiger partial charge in [-0.05, 0) is 59.9 Å². The third kappa shape index (κ3) is 3.70. The van der Waals surface area contributed by atoms with Crippen LogP contribution in [0.2, 0.25) is 0 Å². The van der Waals surface area contributed by atoms with Gasteiger partial charge in [-0.25, -0.2) is 0 Å². The van der Waals surface area contributed by atoms with Crippen molar-refractivity contribution in [3.05, 3.63) is 131 Å². The van der Waals surface area contributed by atoms with Gasteiger partial charge in [-0.2, -0.15) is 0 Å². The van der Waals surface area contributed by atoms with Crippen molar-refractivity contribution in [3.63, 3.8) is 0 Å². The van der Waals surface area contributed by atoms with Gasteiger partial charge < -0.3 is 14.9 Å². The fraction of sp³-hybridized carbons (Fsp3) is 0.143.